The van der Waals surface area contributed by atoms with Gasteiger partial charge in [0.05, 0.1) is 5.56 Å². The Labute approximate surface area is 109 Å². The number of aromatic amines is 1. The first kappa shape index (κ1) is 12.5. The zero-order valence-electron chi connectivity index (χ0n) is 10.2. The minimum atomic E-state index is -0.326. The second-order valence-corrected chi connectivity index (χ2v) is 5.03. The maximum atomic E-state index is 12.0. The molecule has 2 aromatic rings. The number of aryl methyl sites for hydroxylation is 2. The Bertz CT molecular complexity index is 651. The Kier molecular flexibility index (Phi) is 3.58. The number of pyridine rings is 1. The molecule has 0 saturated heterocycles. The third-order valence-corrected chi connectivity index (χ3v) is 3.39. The van der Waals surface area contributed by atoms with Crippen molar-refractivity contribution in [2.45, 2.75) is 13.8 Å². The van der Waals surface area contributed by atoms with E-state index in [9.17, 15) is 9.59 Å². The van der Waals surface area contributed by atoms with Crippen LogP contribution in [0.25, 0.3) is 6.08 Å². The number of hydrogen-bond acceptors (Lipinski definition) is 3. The summed E-state index contributed by atoms with van der Waals surface area (Å²) in [4.78, 5) is 27.4. The molecule has 0 bridgehead atoms. The Morgan fingerprint density at radius 2 is 2.17 bits per heavy atom. The fraction of sp³-hybridized carbons (Fsp3) is 0.143. The number of hydrogen-bond donors (Lipinski definition) is 1. The third kappa shape index (κ3) is 2.65. The fourth-order valence-corrected chi connectivity index (χ4v) is 2.41. The first-order valence-corrected chi connectivity index (χ1v) is 6.42. The zero-order chi connectivity index (χ0) is 13.1. The minimum Gasteiger partial charge on any atom is -0.326 e. The average molecular weight is 259 g/mol. The molecule has 18 heavy (non-hydrogen) atoms. The first-order chi connectivity index (χ1) is 8.58. The van der Waals surface area contributed by atoms with Crippen LogP contribution in [0.1, 0.15) is 26.5 Å². The molecule has 0 aliphatic rings. The number of carbonyl (C=O) groups is 1. The van der Waals surface area contributed by atoms with Crippen LogP contribution >= 0.6 is 11.3 Å². The van der Waals surface area contributed by atoms with Crippen molar-refractivity contribution < 1.29 is 4.79 Å². The van der Waals surface area contributed by atoms with Gasteiger partial charge in [-0.25, -0.2) is 0 Å². The average Bonchev–Trinajstić information content (AvgIpc) is 2.77. The summed E-state index contributed by atoms with van der Waals surface area (Å²) in [6.45, 7) is 3.57. The van der Waals surface area contributed by atoms with Crippen molar-refractivity contribution in [3.63, 3.8) is 0 Å². The molecule has 0 aromatic carbocycles. The molecule has 0 amide bonds. The summed E-state index contributed by atoms with van der Waals surface area (Å²) < 4.78 is 0. The van der Waals surface area contributed by atoms with Crippen LogP contribution in [-0.2, 0) is 0 Å². The van der Waals surface area contributed by atoms with E-state index in [1.807, 2.05) is 17.5 Å². The van der Waals surface area contributed by atoms with Gasteiger partial charge in [0.1, 0.15) is 0 Å². The molecule has 0 spiro atoms. The molecule has 2 heterocycles. The third-order valence-electron chi connectivity index (χ3n) is 2.55. The molecule has 0 fully saturated rings. The van der Waals surface area contributed by atoms with Crippen LogP contribution in [0, 0.1) is 13.8 Å². The Balaban J connectivity index is 2.33. The first-order valence-electron chi connectivity index (χ1n) is 5.54. The molecule has 0 atom stereocenters. The number of carbonyl (C=O) groups excluding carboxylic acids is 1. The van der Waals surface area contributed by atoms with Crippen molar-refractivity contribution in [3.05, 3.63) is 61.7 Å². The maximum Gasteiger partial charge on any atom is 0.259 e. The van der Waals surface area contributed by atoms with Crippen molar-refractivity contribution in [1.82, 2.24) is 4.98 Å². The molecular formula is C14H13NO2S. The van der Waals surface area contributed by atoms with Crippen LogP contribution in [0.4, 0.5) is 0 Å². The molecule has 4 heteroatoms. The van der Waals surface area contributed by atoms with Gasteiger partial charge >= 0.3 is 0 Å². The fourth-order valence-electron chi connectivity index (χ4n) is 1.79. The molecule has 0 radical (unpaired) electrons. The van der Waals surface area contributed by atoms with Crippen molar-refractivity contribution >= 4 is 23.2 Å². The molecular weight excluding hydrogens is 246 g/mol. The summed E-state index contributed by atoms with van der Waals surface area (Å²) in [5.41, 5.74) is 1.36. The van der Waals surface area contributed by atoms with E-state index in [1.54, 1.807) is 37.3 Å². The van der Waals surface area contributed by atoms with Crippen molar-refractivity contribution in [1.29, 1.82) is 0 Å². The lowest BCUT2D eigenvalue weighted by Gasteiger charge is -2.02. The number of rotatable bonds is 3. The summed E-state index contributed by atoms with van der Waals surface area (Å²) in [6, 6.07) is 5.63. The number of allylic oxidation sites excluding steroid dienone is 1. The summed E-state index contributed by atoms with van der Waals surface area (Å²) in [5, 5.41) is 1.94. The summed E-state index contributed by atoms with van der Waals surface area (Å²) >= 11 is 1.55. The van der Waals surface area contributed by atoms with Crippen LogP contribution in [0.2, 0.25) is 0 Å². The van der Waals surface area contributed by atoms with E-state index in [1.165, 1.54) is 6.08 Å². The summed E-state index contributed by atoms with van der Waals surface area (Å²) in [7, 11) is 0. The topological polar surface area (TPSA) is 49.9 Å². The molecule has 3 nitrogen and oxygen atoms in total. The van der Waals surface area contributed by atoms with Gasteiger partial charge in [-0.05, 0) is 49.1 Å². The molecule has 0 saturated carbocycles. The smallest absolute Gasteiger partial charge is 0.259 e. The lowest BCUT2D eigenvalue weighted by molar-refractivity contribution is 0.104. The lowest BCUT2D eigenvalue weighted by atomic mass is 10.1. The van der Waals surface area contributed by atoms with Crippen molar-refractivity contribution in [3.8, 4) is 0 Å². The number of ketones is 1. The van der Waals surface area contributed by atoms with Crippen LogP contribution in [0.5, 0.6) is 0 Å². The second kappa shape index (κ2) is 5.14. The van der Waals surface area contributed by atoms with E-state index < -0.39 is 0 Å². The monoisotopic (exact) mass is 259 g/mol. The predicted molar refractivity (Wildman–Crippen MR) is 74.2 cm³/mol. The van der Waals surface area contributed by atoms with E-state index in [2.05, 4.69) is 4.98 Å². The Morgan fingerprint density at radius 1 is 1.39 bits per heavy atom. The molecule has 2 rings (SSSR count). The number of H-pyrrole nitrogens is 1. The van der Waals surface area contributed by atoms with E-state index >= 15 is 0 Å². The molecule has 0 aliphatic heterocycles. The van der Waals surface area contributed by atoms with E-state index in [4.69, 9.17) is 0 Å². The Morgan fingerprint density at radius 3 is 2.78 bits per heavy atom. The van der Waals surface area contributed by atoms with Gasteiger partial charge in [-0.15, -0.1) is 11.3 Å². The Hall–Kier alpha value is -1.94. The number of thiophene rings is 1. The molecule has 92 valence electrons. The van der Waals surface area contributed by atoms with Gasteiger partial charge in [0, 0.05) is 10.6 Å². The highest BCUT2D eigenvalue weighted by molar-refractivity contribution is 7.10. The second-order valence-electron chi connectivity index (χ2n) is 4.05. The molecule has 1 N–H and O–H groups in total. The van der Waals surface area contributed by atoms with Gasteiger partial charge in [0.25, 0.3) is 5.56 Å². The van der Waals surface area contributed by atoms with Crippen molar-refractivity contribution in [2.24, 2.45) is 0 Å². The van der Waals surface area contributed by atoms with Crippen LogP contribution < -0.4 is 5.56 Å². The van der Waals surface area contributed by atoms with Crippen LogP contribution in [0.3, 0.4) is 0 Å². The lowest BCUT2D eigenvalue weighted by Crippen LogP contribution is -2.19. The van der Waals surface area contributed by atoms with Gasteiger partial charge in [0.15, 0.2) is 5.78 Å². The maximum absolute atomic E-state index is 12.0. The zero-order valence-corrected chi connectivity index (χ0v) is 11.0. The van der Waals surface area contributed by atoms with Crippen LogP contribution in [-0.4, -0.2) is 10.8 Å². The van der Waals surface area contributed by atoms with Gasteiger partial charge < -0.3 is 4.98 Å². The van der Waals surface area contributed by atoms with E-state index in [-0.39, 0.29) is 16.9 Å². The highest BCUT2D eigenvalue weighted by Crippen LogP contribution is 2.12. The summed E-state index contributed by atoms with van der Waals surface area (Å²) in [5.74, 6) is -0.262. The highest BCUT2D eigenvalue weighted by Gasteiger charge is 2.11. The number of aromatic nitrogens is 1. The van der Waals surface area contributed by atoms with E-state index in [0.29, 0.717) is 5.56 Å². The van der Waals surface area contributed by atoms with Gasteiger partial charge in [0.2, 0.25) is 0 Å². The molecule has 0 unspecified atom stereocenters. The van der Waals surface area contributed by atoms with E-state index in [0.717, 1.165) is 10.6 Å². The standard InChI is InChI=1S/C14H13NO2S/c1-9-8-10(2)15-14(17)13(9)12(16)6-5-11-4-3-7-18-11/h3-8H,1-2H3,(H,15,17)/b6-5+. The number of nitrogens with one attached hydrogen (secondary N) is 1. The highest BCUT2D eigenvalue weighted by atomic mass is 32.1. The van der Waals surface area contributed by atoms with Gasteiger partial charge in [-0.2, -0.15) is 0 Å². The molecule has 0 aliphatic carbocycles. The SMILES string of the molecule is Cc1cc(C)c(C(=O)/C=C/c2cccs2)c(=O)[nH]1. The summed E-state index contributed by atoms with van der Waals surface area (Å²) in [6.07, 6.45) is 3.17. The quantitative estimate of drug-likeness (QED) is 0.680. The normalized spacial score (nSPS) is 11.0. The van der Waals surface area contributed by atoms with Gasteiger partial charge in [-0.1, -0.05) is 6.07 Å². The largest absolute Gasteiger partial charge is 0.326 e. The minimum absolute atomic E-state index is 0.216. The predicted octanol–water partition coefficient (Wildman–Crippen LogP) is 2.95. The van der Waals surface area contributed by atoms with Gasteiger partial charge in [-0.3, -0.25) is 9.59 Å². The van der Waals surface area contributed by atoms with Crippen LogP contribution in [0.15, 0.2) is 34.4 Å². The molecule has 2 aromatic heterocycles. The van der Waals surface area contributed by atoms with Crippen molar-refractivity contribution in [2.75, 3.05) is 0 Å².